The zero-order valence-corrected chi connectivity index (χ0v) is 11.9. The van der Waals surface area contributed by atoms with Crippen molar-refractivity contribution in [3.8, 4) is 5.75 Å². The largest absolute Gasteiger partial charge is 0.496 e. The standard InChI is InChI=1S/C15H25NO2/c1-5-12(8-13(17)9-16)14-7-10(2)6-11(3)15(14)18-4/h6-7,12-13,17H,5,8-9,16H2,1-4H3. The molecule has 18 heavy (non-hydrogen) atoms. The lowest BCUT2D eigenvalue weighted by molar-refractivity contribution is 0.161. The van der Waals surface area contributed by atoms with Crippen LogP contribution in [0.1, 0.15) is 42.4 Å². The molecule has 0 aliphatic rings. The number of methoxy groups -OCH3 is 1. The molecule has 1 rings (SSSR count). The Morgan fingerprint density at radius 1 is 1.33 bits per heavy atom. The Morgan fingerprint density at radius 3 is 2.50 bits per heavy atom. The molecular weight excluding hydrogens is 226 g/mol. The molecule has 0 spiro atoms. The molecule has 0 heterocycles. The maximum absolute atomic E-state index is 9.76. The molecular formula is C15H25NO2. The van der Waals surface area contributed by atoms with Gasteiger partial charge in [0.1, 0.15) is 5.75 Å². The van der Waals surface area contributed by atoms with Gasteiger partial charge in [-0.05, 0) is 43.7 Å². The molecule has 0 aromatic heterocycles. The molecule has 0 saturated carbocycles. The predicted octanol–water partition coefficient (Wildman–Crippen LogP) is 2.52. The second-order valence-corrected chi connectivity index (χ2v) is 4.93. The molecule has 0 aliphatic carbocycles. The molecule has 1 aromatic carbocycles. The summed E-state index contributed by atoms with van der Waals surface area (Å²) in [6.45, 7) is 6.58. The normalized spacial score (nSPS) is 14.3. The van der Waals surface area contributed by atoms with Crippen molar-refractivity contribution in [3.63, 3.8) is 0 Å². The lowest BCUT2D eigenvalue weighted by Crippen LogP contribution is -2.22. The van der Waals surface area contributed by atoms with Gasteiger partial charge in [-0.25, -0.2) is 0 Å². The molecule has 3 heteroatoms. The van der Waals surface area contributed by atoms with Gasteiger partial charge in [-0.1, -0.05) is 24.6 Å². The van der Waals surface area contributed by atoms with Gasteiger partial charge in [0, 0.05) is 6.54 Å². The fourth-order valence-corrected chi connectivity index (χ4v) is 2.51. The Balaban J connectivity index is 3.11. The summed E-state index contributed by atoms with van der Waals surface area (Å²) in [5.74, 6) is 1.23. The third-order valence-electron chi connectivity index (χ3n) is 3.41. The molecule has 102 valence electrons. The third-order valence-corrected chi connectivity index (χ3v) is 3.41. The number of aliphatic hydroxyl groups is 1. The molecule has 0 saturated heterocycles. The maximum Gasteiger partial charge on any atom is 0.125 e. The summed E-state index contributed by atoms with van der Waals surface area (Å²) in [5, 5.41) is 9.76. The van der Waals surface area contributed by atoms with E-state index in [0.29, 0.717) is 13.0 Å². The Morgan fingerprint density at radius 2 is 2.00 bits per heavy atom. The molecule has 2 unspecified atom stereocenters. The first-order valence-electron chi connectivity index (χ1n) is 6.56. The lowest BCUT2D eigenvalue weighted by atomic mass is 9.88. The van der Waals surface area contributed by atoms with Crippen molar-refractivity contribution in [1.29, 1.82) is 0 Å². The van der Waals surface area contributed by atoms with Crippen molar-refractivity contribution in [1.82, 2.24) is 0 Å². The van der Waals surface area contributed by atoms with Crippen LogP contribution in [-0.4, -0.2) is 24.9 Å². The highest BCUT2D eigenvalue weighted by atomic mass is 16.5. The van der Waals surface area contributed by atoms with Crippen LogP contribution in [0, 0.1) is 13.8 Å². The van der Waals surface area contributed by atoms with Gasteiger partial charge < -0.3 is 15.6 Å². The number of benzene rings is 1. The first kappa shape index (κ1) is 15.0. The van der Waals surface area contributed by atoms with Crippen LogP contribution in [0.3, 0.4) is 0 Å². The predicted molar refractivity (Wildman–Crippen MR) is 75.2 cm³/mol. The summed E-state index contributed by atoms with van der Waals surface area (Å²) < 4.78 is 5.52. The van der Waals surface area contributed by atoms with E-state index in [-0.39, 0.29) is 5.92 Å². The van der Waals surface area contributed by atoms with Crippen LogP contribution in [0.25, 0.3) is 0 Å². The summed E-state index contributed by atoms with van der Waals surface area (Å²) in [7, 11) is 1.70. The first-order chi connectivity index (χ1) is 8.53. The molecule has 3 N–H and O–H groups in total. The van der Waals surface area contributed by atoms with E-state index in [2.05, 4.69) is 32.9 Å². The Bertz CT molecular complexity index is 390. The summed E-state index contributed by atoms with van der Waals surface area (Å²) >= 11 is 0. The van der Waals surface area contributed by atoms with Crippen molar-refractivity contribution in [2.75, 3.05) is 13.7 Å². The van der Waals surface area contributed by atoms with Gasteiger partial charge in [0.05, 0.1) is 13.2 Å². The van der Waals surface area contributed by atoms with E-state index in [1.807, 2.05) is 0 Å². The smallest absolute Gasteiger partial charge is 0.125 e. The van der Waals surface area contributed by atoms with Crippen LogP contribution in [0.5, 0.6) is 5.75 Å². The van der Waals surface area contributed by atoms with Crippen LogP contribution in [0.15, 0.2) is 12.1 Å². The fourth-order valence-electron chi connectivity index (χ4n) is 2.51. The SMILES string of the molecule is CCC(CC(O)CN)c1cc(C)cc(C)c1OC. The van der Waals surface area contributed by atoms with Crippen LogP contribution >= 0.6 is 0 Å². The zero-order valence-electron chi connectivity index (χ0n) is 11.9. The Hall–Kier alpha value is -1.06. The number of hydrogen-bond acceptors (Lipinski definition) is 3. The fraction of sp³-hybridized carbons (Fsp3) is 0.600. The van der Waals surface area contributed by atoms with Crippen LogP contribution in [0.2, 0.25) is 0 Å². The average Bonchev–Trinajstić information content (AvgIpc) is 2.34. The summed E-state index contributed by atoms with van der Waals surface area (Å²) in [4.78, 5) is 0. The molecule has 0 fully saturated rings. The van der Waals surface area contributed by atoms with Crippen LogP contribution in [0.4, 0.5) is 0 Å². The van der Waals surface area contributed by atoms with Gasteiger partial charge in [0.15, 0.2) is 0 Å². The second-order valence-electron chi connectivity index (χ2n) is 4.93. The van der Waals surface area contributed by atoms with Crippen molar-refractivity contribution in [2.24, 2.45) is 5.73 Å². The minimum absolute atomic E-state index is 0.289. The van der Waals surface area contributed by atoms with Gasteiger partial charge >= 0.3 is 0 Å². The van der Waals surface area contributed by atoms with E-state index >= 15 is 0 Å². The molecule has 0 bridgehead atoms. The second kappa shape index (κ2) is 6.76. The van der Waals surface area contributed by atoms with E-state index in [1.165, 1.54) is 11.1 Å². The topological polar surface area (TPSA) is 55.5 Å². The van der Waals surface area contributed by atoms with Crippen molar-refractivity contribution < 1.29 is 9.84 Å². The van der Waals surface area contributed by atoms with Gasteiger partial charge in [-0.15, -0.1) is 0 Å². The molecule has 0 radical (unpaired) electrons. The molecule has 1 aromatic rings. The summed E-state index contributed by atoms with van der Waals surface area (Å²) in [6.07, 6.45) is 1.21. The first-order valence-corrected chi connectivity index (χ1v) is 6.56. The van der Waals surface area contributed by atoms with Crippen molar-refractivity contribution in [2.45, 2.75) is 45.6 Å². The van der Waals surface area contributed by atoms with Gasteiger partial charge in [0.2, 0.25) is 0 Å². The van der Waals surface area contributed by atoms with Gasteiger partial charge in [-0.2, -0.15) is 0 Å². The number of rotatable bonds is 6. The number of aryl methyl sites for hydroxylation is 2. The molecule has 3 nitrogen and oxygen atoms in total. The molecule has 0 amide bonds. The lowest BCUT2D eigenvalue weighted by Gasteiger charge is -2.22. The quantitative estimate of drug-likeness (QED) is 0.817. The molecule has 2 atom stereocenters. The zero-order chi connectivity index (χ0) is 13.7. The van der Waals surface area contributed by atoms with Crippen molar-refractivity contribution in [3.05, 3.63) is 28.8 Å². The van der Waals surface area contributed by atoms with E-state index < -0.39 is 6.10 Å². The number of aliphatic hydroxyl groups excluding tert-OH is 1. The third kappa shape index (κ3) is 3.47. The number of ether oxygens (including phenoxy) is 1. The van der Waals surface area contributed by atoms with Gasteiger partial charge in [0.25, 0.3) is 0 Å². The number of hydrogen-bond donors (Lipinski definition) is 2. The minimum Gasteiger partial charge on any atom is -0.496 e. The Kier molecular flexibility index (Phi) is 5.63. The summed E-state index contributed by atoms with van der Waals surface area (Å²) in [5.41, 5.74) is 9.06. The highest BCUT2D eigenvalue weighted by molar-refractivity contribution is 5.45. The molecule has 0 aliphatic heterocycles. The van der Waals surface area contributed by atoms with E-state index in [9.17, 15) is 5.11 Å². The minimum atomic E-state index is -0.444. The van der Waals surface area contributed by atoms with E-state index in [4.69, 9.17) is 10.5 Å². The maximum atomic E-state index is 9.76. The van der Waals surface area contributed by atoms with E-state index in [1.54, 1.807) is 7.11 Å². The average molecular weight is 251 g/mol. The van der Waals surface area contributed by atoms with Crippen LogP contribution < -0.4 is 10.5 Å². The Labute approximate surface area is 110 Å². The number of nitrogens with two attached hydrogens (primary N) is 1. The van der Waals surface area contributed by atoms with Gasteiger partial charge in [-0.3, -0.25) is 0 Å². The highest BCUT2D eigenvalue weighted by Crippen LogP contribution is 2.35. The highest BCUT2D eigenvalue weighted by Gasteiger charge is 2.19. The van der Waals surface area contributed by atoms with E-state index in [0.717, 1.165) is 17.7 Å². The van der Waals surface area contributed by atoms with Crippen molar-refractivity contribution >= 4 is 0 Å². The summed E-state index contributed by atoms with van der Waals surface area (Å²) in [6, 6.07) is 4.28. The monoisotopic (exact) mass is 251 g/mol. The van der Waals surface area contributed by atoms with Crippen LogP contribution in [-0.2, 0) is 0 Å².